The third-order valence-electron chi connectivity index (χ3n) is 4.84. The normalized spacial score (nSPS) is 27.8. The van der Waals surface area contributed by atoms with Gasteiger partial charge in [0.15, 0.2) is 0 Å². The van der Waals surface area contributed by atoms with Gasteiger partial charge in [0.1, 0.15) is 0 Å². The van der Waals surface area contributed by atoms with Crippen molar-refractivity contribution in [2.45, 2.75) is 57.9 Å². The van der Waals surface area contributed by atoms with Crippen LogP contribution in [0.3, 0.4) is 0 Å². The molecular weight excluding hydrogens is 252 g/mol. The Hall–Kier alpha value is -0.770. The average molecular weight is 282 g/mol. The third kappa shape index (κ3) is 4.37. The summed E-state index contributed by atoms with van der Waals surface area (Å²) in [6.45, 7) is 5.01. The minimum Gasteiger partial charge on any atom is -0.453 e. The van der Waals surface area contributed by atoms with E-state index in [0.29, 0.717) is 12.0 Å². The fourth-order valence-electron chi connectivity index (χ4n) is 3.79. The molecular formula is C16H30N2O2. The Kier molecular flexibility index (Phi) is 6.14. The average Bonchev–Trinajstić information content (AvgIpc) is 2.97. The van der Waals surface area contributed by atoms with Gasteiger partial charge in [-0.1, -0.05) is 26.2 Å². The van der Waals surface area contributed by atoms with Gasteiger partial charge in [-0.15, -0.1) is 0 Å². The molecule has 1 heterocycles. The molecule has 2 unspecified atom stereocenters. The highest BCUT2D eigenvalue weighted by Gasteiger charge is 2.30. The predicted octanol–water partition coefficient (Wildman–Crippen LogP) is 3.02. The maximum Gasteiger partial charge on any atom is 0.409 e. The van der Waals surface area contributed by atoms with Gasteiger partial charge >= 0.3 is 6.09 Å². The molecule has 2 fully saturated rings. The second-order valence-corrected chi connectivity index (χ2v) is 6.52. The lowest BCUT2D eigenvalue weighted by molar-refractivity contribution is 0.0883. The van der Waals surface area contributed by atoms with Crippen molar-refractivity contribution >= 4 is 6.09 Å². The van der Waals surface area contributed by atoms with Gasteiger partial charge in [0, 0.05) is 19.1 Å². The maximum atomic E-state index is 11.8. The van der Waals surface area contributed by atoms with Crippen LogP contribution >= 0.6 is 0 Å². The van der Waals surface area contributed by atoms with Gasteiger partial charge in [0.05, 0.1) is 7.11 Å². The number of hydrogen-bond acceptors (Lipinski definition) is 3. The van der Waals surface area contributed by atoms with Gasteiger partial charge in [-0.3, -0.25) is 0 Å². The Morgan fingerprint density at radius 1 is 1.25 bits per heavy atom. The molecule has 2 aliphatic rings. The molecule has 1 saturated carbocycles. The summed E-state index contributed by atoms with van der Waals surface area (Å²) in [5.41, 5.74) is 0. The minimum absolute atomic E-state index is 0.168. The third-order valence-corrected chi connectivity index (χ3v) is 4.84. The standard InChI is InChI=1S/C16H30N2O2/c1-3-6-14-9-15(12-18(11-14)16(19)20-2)17-10-13-7-4-5-8-13/h13-15,17H,3-12H2,1-2H3. The van der Waals surface area contributed by atoms with Crippen LogP contribution < -0.4 is 5.32 Å². The van der Waals surface area contributed by atoms with Crippen LogP contribution in [0.2, 0.25) is 0 Å². The molecule has 1 aliphatic heterocycles. The van der Waals surface area contributed by atoms with E-state index in [9.17, 15) is 4.79 Å². The fraction of sp³-hybridized carbons (Fsp3) is 0.938. The summed E-state index contributed by atoms with van der Waals surface area (Å²) in [5.74, 6) is 1.47. The largest absolute Gasteiger partial charge is 0.453 e. The van der Waals surface area contributed by atoms with Crippen molar-refractivity contribution in [3.05, 3.63) is 0 Å². The van der Waals surface area contributed by atoms with Crippen LogP contribution in [0.1, 0.15) is 51.9 Å². The number of hydrogen-bond donors (Lipinski definition) is 1. The van der Waals surface area contributed by atoms with Crippen molar-refractivity contribution in [1.82, 2.24) is 10.2 Å². The molecule has 4 nitrogen and oxygen atoms in total. The molecule has 116 valence electrons. The fourth-order valence-corrected chi connectivity index (χ4v) is 3.79. The summed E-state index contributed by atoms with van der Waals surface area (Å²) >= 11 is 0. The zero-order valence-corrected chi connectivity index (χ0v) is 13.1. The van der Waals surface area contributed by atoms with Crippen LogP contribution in [-0.4, -0.2) is 43.8 Å². The molecule has 4 heteroatoms. The zero-order chi connectivity index (χ0) is 14.4. The molecule has 1 amide bonds. The molecule has 0 spiro atoms. The molecule has 1 N–H and O–H groups in total. The van der Waals surface area contributed by atoms with E-state index in [2.05, 4.69) is 12.2 Å². The molecule has 0 aromatic carbocycles. The van der Waals surface area contributed by atoms with E-state index >= 15 is 0 Å². The van der Waals surface area contributed by atoms with E-state index < -0.39 is 0 Å². The first kappa shape index (κ1) is 15.6. The molecule has 1 aliphatic carbocycles. The first-order valence-corrected chi connectivity index (χ1v) is 8.29. The van der Waals surface area contributed by atoms with Gasteiger partial charge in [0.2, 0.25) is 0 Å². The molecule has 2 rings (SSSR count). The van der Waals surface area contributed by atoms with Crippen LogP contribution in [0.4, 0.5) is 4.79 Å². The Morgan fingerprint density at radius 3 is 2.65 bits per heavy atom. The number of nitrogens with one attached hydrogen (secondary N) is 1. The molecule has 2 atom stereocenters. The zero-order valence-electron chi connectivity index (χ0n) is 13.1. The van der Waals surface area contributed by atoms with Crippen molar-refractivity contribution in [3.8, 4) is 0 Å². The first-order chi connectivity index (χ1) is 9.72. The van der Waals surface area contributed by atoms with Crippen molar-refractivity contribution in [2.24, 2.45) is 11.8 Å². The van der Waals surface area contributed by atoms with Crippen LogP contribution in [0.25, 0.3) is 0 Å². The van der Waals surface area contributed by atoms with Gasteiger partial charge in [0.25, 0.3) is 0 Å². The van der Waals surface area contributed by atoms with Crippen molar-refractivity contribution in [3.63, 3.8) is 0 Å². The lowest BCUT2D eigenvalue weighted by Crippen LogP contribution is -2.51. The topological polar surface area (TPSA) is 41.6 Å². The van der Waals surface area contributed by atoms with Crippen LogP contribution in [0.15, 0.2) is 0 Å². The molecule has 0 bridgehead atoms. The lowest BCUT2D eigenvalue weighted by atomic mass is 9.90. The van der Waals surface area contributed by atoms with E-state index in [1.807, 2.05) is 4.90 Å². The molecule has 1 saturated heterocycles. The van der Waals surface area contributed by atoms with Gasteiger partial charge < -0.3 is 15.0 Å². The summed E-state index contributed by atoms with van der Waals surface area (Å²) in [6, 6.07) is 0.444. The van der Waals surface area contributed by atoms with Gasteiger partial charge in [-0.05, 0) is 44.1 Å². The molecule has 20 heavy (non-hydrogen) atoms. The van der Waals surface area contributed by atoms with Gasteiger partial charge in [-0.2, -0.15) is 0 Å². The van der Waals surface area contributed by atoms with Crippen LogP contribution in [0.5, 0.6) is 0 Å². The predicted molar refractivity (Wildman–Crippen MR) is 80.7 cm³/mol. The summed E-state index contributed by atoms with van der Waals surface area (Å²) in [7, 11) is 1.48. The summed E-state index contributed by atoms with van der Waals surface area (Å²) in [5, 5.41) is 3.71. The van der Waals surface area contributed by atoms with E-state index in [-0.39, 0.29) is 6.09 Å². The number of carbonyl (C=O) groups is 1. The Morgan fingerprint density at radius 2 is 2.00 bits per heavy atom. The Balaban J connectivity index is 1.83. The van der Waals surface area contributed by atoms with Crippen molar-refractivity contribution in [2.75, 3.05) is 26.7 Å². The molecule has 0 aromatic heterocycles. The minimum atomic E-state index is -0.168. The number of amides is 1. The highest BCUT2D eigenvalue weighted by Crippen LogP contribution is 2.25. The van der Waals surface area contributed by atoms with Crippen molar-refractivity contribution in [1.29, 1.82) is 0 Å². The number of ether oxygens (including phenoxy) is 1. The quantitative estimate of drug-likeness (QED) is 0.842. The number of rotatable bonds is 5. The monoisotopic (exact) mass is 282 g/mol. The number of carbonyl (C=O) groups excluding carboxylic acids is 1. The second kappa shape index (κ2) is 7.87. The van der Waals surface area contributed by atoms with E-state index in [1.165, 1.54) is 52.1 Å². The summed E-state index contributed by atoms with van der Waals surface area (Å²) < 4.78 is 4.90. The lowest BCUT2D eigenvalue weighted by Gasteiger charge is -2.37. The van der Waals surface area contributed by atoms with Crippen LogP contribution in [0, 0.1) is 11.8 Å². The Labute approximate surface area is 123 Å². The van der Waals surface area contributed by atoms with Crippen molar-refractivity contribution < 1.29 is 9.53 Å². The van der Waals surface area contributed by atoms with E-state index in [1.54, 1.807) is 0 Å². The number of likely N-dealkylation sites (tertiary alicyclic amines) is 1. The number of piperidine rings is 1. The first-order valence-electron chi connectivity index (χ1n) is 8.29. The molecule has 0 radical (unpaired) electrons. The summed E-state index contributed by atoms with van der Waals surface area (Å²) in [4.78, 5) is 13.7. The summed E-state index contributed by atoms with van der Waals surface area (Å²) in [6.07, 6.45) is 8.96. The highest BCUT2D eigenvalue weighted by atomic mass is 16.5. The maximum absolute atomic E-state index is 11.8. The second-order valence-electron chi connectivity index (χ2n) is 6.52. The Bertz CT molecular complexity index is 303. The number of methoxy groups -OCH3 is 1. The van der Waals surface area contributed by atoms with Crippen LogP contribution in [-0.2, 0) is 4.74 Å². The van der Waals surface area contributed by atoms with E-state index in [0.717, 1.165) is 25.6 Å². The number of nitrogens with zero attached hydrogens (tertiary/aromatic N) is 1. The smallest absolute Gasteiger partial charge is 0.409 e. The highest BCUT2D eigenvalue weighted by molar-refractivity contribution is 5.67. The van der Waals surface area contributed by atoms with E-state index in [4.69, 9.17) is 4.74 Å². The van der Waals surface area contributed by atoms with Gasteiger partial charge in [-0.25, -0.2) is 4.79 Å². The molecule has 0 aromatic rings. The SMILES string of the molecule is CCCC1CC(NCC2CCCC2)CN(C(=O)OC)C1.